The number of hydrogen-bond donors (Lipinski definition) is 0. The highest BCUT2D eigenvalue weighted by atomic mass is 32.2. The Labute approximate surface area is 180 Å². The summed E-state index contributed by atoms with van der Waals surface area (Å²) in [4.78, 5) is 27.0. The molecule has 30 heavy (non-hydrogen) atoms. The van der Waals surface area contributed by atoms with E-state index in [0.29, 0.717) is 4.91 Å². The summed E-state index contributed by atoms with van der Waals surface area (Å²) in [7, 11) is 1.64. The predicted octanol–water partition coefficient (Wildman–Crippen LogP) is 5.34. The fourth-order valence-corrected chi connectivity index (χ4v) is 4.32. The van der Waals surface area contributed by atoms with Crippen molar-refractivity contribution in [3.05, 3.63) is 88.1 Å². The standard InChI is InChI=1S/C24H22N2O3S/c1-16-5-4-6-18(11-16)14-26-23(27)22(30-24(26)28)13-19-12-17(2)25(15-19)20-7-9-21(29-3)10-8-20/h4-13,15H,14H2,1-3H3/b22-13+. The van der Waals surface area contributed by atoms with Crippen LogP contribution in [0.25, 0.3) is 11.8 Å². The molecule has 2 amide bonds. The van der Waals surface area contributed by atoms with Crippen LogP contribution >= 0.6 is 11.8 Å². The third kappa shape index (κ3) is 4.04. The molecule has 0 aliphatic carbocycles. The molecule has 1 aromatic heterocycles. The first kappa shape index (κ1) is 20.0. The zero-order valence-electron chi connectivity index (χ0n) is 17.1. The molecule has 1 aliphatic heterocycles. The minimum Gasteiger partial charge on any atom is -0.497 e. The normalized spacial score (nSPS) is 15.3. The van der Waals surface area contributed by atoms with Crippen LogP contribution in [0.2, 0.25) is 0 Å². The van der Waals surface area contributed by atoms with Gasteiger partial charge in [-0.25, -0.2) is 0 Å². The van der Waals surface area contributed by atoms with Crippen LogP contribution in [0.15, 0.2) is 65.7 Å². The van der Waals surface area contributed by atoms with Crippen LogP contribution < -0.4 is 4.74 Å². The molecular formula is C24H22N2O3S. The van der Waals surface area contributed by atoms with E-state index in [-0.39, 0.29) is 17.7 Å². The van der Waals surface area contributed by atoms with Gasteiger partial charge in [-0.1, -0.05) is 29.8 Å². The molecule has 1 saturated heterocycles. The van der Waals surface area contributed by atoms with E-state index in [1.165, 1.54) is 4.90 Å². The first-order valence-electron chi connectivity index (χ1n) is 9.59. The summed E-state index contributed by atoms with van der Waals surface area (Å²) in [6.07, 6.45) is 3.75. The van der Waals surface area contributed by atoms with Gasteiger partial charge in [0.05, 0.1) is 18.6 Å². The Hall–Kier alpha value is -3.25. The predicted molar refractivity (Wildman–Crippen MR) is 120 cm³/mol. The van der Waals surface area contributed by atoms with Gasteiger partial charge < -0.3 is 9.30 Å². The molecule has 0 N–H and O–H groups in total. The number of amides is 2. The molecule has 2 aromatic carbocycles. The molecule has 0 atom stereocenters. The molecular weight excluding hydrogens is 396 g/mol. The van der Waals surface area contributed by atoms with Crippen LogP contribution in [0.4, 0.5) is 4.79 Å². The van der Waals surface area contributed by atoms with E-state index in [1.54, 1.807) is 13.2 Å². The summed E-state index contributed by atoms with van der Waals surface area (Å²) in [5, 5.41) is -0.237. The summed E-state index contributed by atoms with van der Waals surface area (Å²) in [6, 6.07) is 17.6. The lowest BCUT2D eigenvalue weighted by atomic mass is 10.1. The van der Waals surface area contributed by atoms with Gasteiger partial charge in [-0.2, -0.15) is 0 Å². The third-order valence-electron chi connectivity index (χ3n) is 4.98. The lowest BCUT2D eigenvalue weighted by Crippen LogP contribution is -2.27. The fourth-order valence-electron chi connectivity index (χ4n) is 3.48. The number of methoxy groups -OCH3 is 1. The minimum atomic E-state index is -0.249. The van der Waals surface area contributed by atoms with Crippen LogP contribution in [0.3, 0.4) is 0 Å². The van der Waals surface area contributed by atoms with Gasteiger partial charge in [-0.05, 0) is 73.1 Å². The van der Waals surface area contributed by atoms with Crippen LogP contribution in [0.1, 0.15) is 22.4 Å². The van der Waals surface area contributed by atoms with E-state index in [4.69, 9.17) is 4.74 Å². The Bertz CT molecular complexity index is 1150. The van der Waals surface area contributed by atoms with E-state index in [9.17, 15) is 9.59 Å². The molecule has 0 saturated carbocycles. The van der Waals surface area contributed by atoms with Gasteiger partial charge in [0.2, 0.25) is 0 Å². The maximum absolute atomic E-state index is 12.8. The van der Waals surface area contributed by atoms with Gasteiger partial charge in [0, 0.05) is 17.6 Å². The second-order valence-electron chi connectivity index (χ2n) is 7.24. The smallest absolute Gasteiger partial charge is 0.293 e. The van der Waals surface area contributed by atoms with E-state index < -0.39 is 0 Å². The highest BCUT2D eigenvalue weighted by Gasteiger charge is 2.35. The van der Waals surface area contributed by atoms with Crippen molar-refractivity contribution in [3.8, 4) is 11.4 Å². The van der Waals surface area contributed by atoms with Gasteiger partial charge in [0.15, 0.2) is 0 Å². The van der Waals surface area contributed by atoms with E-state index in [1.807, 2.05) is 79.2 Å². The number of benzene rings is 2. The maximum Gasteiger partial charge on any atom is 0.293 e. The van der Waals surface area contributed by atoms with Crippen LogP contribution in [-0.2, 0) is 11.3 Å². The molecule has 6 heteroatoms. The summed E-state index contributed by atoms with van der Waals surface area (Å²) in [6.45, 7) is 4.29. The van der Waals surface area contributed by atoms with Crippen molar-refractivity contribution in [3.63, 3.8) is 0 Å². The third-order valence-corrected chi connectivity index (χ3v) is 5.89. The fraction of sp³-hybridized carbons (Fsp3) is 0.167. The number of hydrogen-bond acceptors (Lipinski definition) is 4. The largest absolute Gasteiger partial charge is 0.497 e. The molecule has 0 unspecified atom stereocenters. The Morgan fingerprint density at radius 1 is 1.03 bits per heavy atom. The summed E-state index contributed by atoms with van der Waals surface area (Å²) in [5.74, 6) is 0.549. The number of ether oxygens (including phenoxy) is 1. The number of imide groups is 1. The average Bonchev–Trinajstić information content (AvgIpc) is 3.22. The Kier molecular flexibility index (Phi) is 5.50. The van der Waals surface area contributed by atoms with Crippen LogP contribution in [-0.4, -0.2) is 27.7 Å². The van der Waals surface area contributed by atoms with Crippen molar-refractivity contribution in [2.24, 2.45) is 0 Å². The van der Waals surface area contributed by atoms with Crippen LogP contribution in [0, 0.1) is 13.8 Å². The van der Waals surface area contributed by atoms with Crippen molar-refractivity contribution in [2.75, 3.05) is 7.11 Å². The Balaban J connectivity index is 1.56. The Morgan fingerprint density at radius 3 is 2.50 bits per heavy atom. The highest BCUT2D eigenvalue weighted by Crippen LogP contribution is 2.34. The topological polar surface area (TPSA) is 51.5 Å². The monoisotopic (exact) mass is 418 g/mol. The minimum absolute atomic E-state index is 0.237. The number of aromatic nitrogens is 1. The molecule has 2 heterocycles. The molecule has 1 fully saturated rings. The summed E-state index contributed by atoms with van der Waals surface area (Å²) in [5.41, 5.74) is 4.96. The van der Waals surface area contributed by atoms with Crippen molar-refractivity contribution in [2.45, 2.75) is 20.4 Å². The number of carbonyl (C=O) groups excluding carboxylic acids is 2. The lowest BCUT2D eigenvalue weighted by molar-refractivity contribution is -0.123. The maximum atomic E-state index is 12.8. The summed E-state index contributed by atoms with van der Waals surface area (Å²) < 4.78 is 7.26. The van der Waals surface area contributed by atoms with E-state index >= 15 is 0 Å². The number of nitrogens with zero attached hydrogens (tertiary/aromatic N) is 2. The zero-order chi connectivity index (χ0) is 21.3. The average molecular weight is 419 g/mol. The van der Waals surface area contributed by atoms with E-state index in [0.717, 1.165) is 45.6 Å². The van der Waals surface area contributed by atoms with Gasteiger partial charge in [0.1, 0.15) is 5.75 Å². The quantitative estimate of drug-likeness (QED) is 0.525. The molecule has 0 spiro atoms. The number of carbonyl (C=O) groups is 2. The molecule has 1 aliphatic rings. The van der Waals surface area contributed by atoms with Crippen molar-refractivity contribution >= 4 is 29.0 Å². The van der Waals surface area contributed by atoms with Crippen molar-refractivity contribution < 1.29 is 14.3 Å². The van der Waals surface area contributed by atoms with Gasteiger partial charge in [0.25, 0.3) is 11.1 Å². The Morgan fingerprint density at radius 2 is 1.80 bits per heavy atom. The van der Waals surface area contributed by atoms with Crippen LogP contribution in [0.5, 0.6) is 5.75 Å². The van der Waals surface area contributed by atoms with E-state index in [2.05, 4.69) is 0 Å². The number of rotatable bonds is 5. The summed E-state index contributed by atoms with van der Waals surface area (Å²) >= 11 is 0.989. The SMILES string of the molecule is COc1ccc(-n2cc(/C=C3/SC(=O)N(Cc4cccc(C)c4)C3=O)cc2C)cc1. The molecule has 3 aromatic rings. The molecule has 5 nitrogen and oxygen atoms in total. The second kappa shape index (κ2) is 8.24. The van der Waals surface area contributed by atoms with Gasteiger partial charge >= 0.3 is 0 Å². The molecule has 152 valence electrons. The molecule has 0 bridgehead atoms. The first-order chi connectivity index (χ1) is 14.4. The molecule has 0 radical (unpaired) electrons. The second-order valence-corrected chi connectivity index (χ2v) is 8.23. The molecule has 4 rings (SSSR count). The van der Waals surface area contributed by atoms with Crippen molar-refractivity contribution in [1.29, 1.82) is 0 Å². The lowest BCUT2D eigenvalue weighted by Gasteiger charge is -2.12. The van der Waals surface area contributed by atoms with Crippen molar-refractivity contribution in [1.82, 2.24) is 9.47 Å². The first-order valence-corrected chi connectivity index (χ1v) is 10.4. The zero-order valence-corrected chi connectivity index (χ0v) is 17.9. The number of thioether (sulfide) groups is 1. The highest BCUT2D eigenvalue weighted by molar-refractivity contribution is 8.18. The van der Waals surface area contributed by atoms with Gasteiger partial charge in [-0.3, -0.25) is 14.5 Å². The number of aryl methyl sites for hydroxylation is 2. The van der Waals surface area contributed by atoms with Gasteiger partial charge in [-0.15, -0.1) is 0 Å².